The molecule has 2 N–H and O–H groups in total. The first-order valence-corrected chi connectivity index (χ1v) is 8.45. The molecule has 4 nitrogen and oxygen atoms in total. The second kappa shape index (κ2) is 5.69. The average molecular weight is 310 g/mol. The number of thiazole rings is 1. The van der Waals surface area contributed by atoms with Gasteiger partial charge >= 0.3 is 0 Å². The molecular weight excluding hydrogens is 284 g/mol. The highest BCUT2D eigenvalue weighted by Gasteiger charge is 2.41. The summed E-state index contributed by atoms with van der Waals surface area (Å²) < 4.78 is 0. The second-order valence-corrected chi connectivity index (χ2v) is 8.31. The van der Waals surface area contributed by atoms with Crippen molar-refractivity contribution in [2.45, 2.75) is 70.9 Å². The summed E-state index contributed by atoms with van der Waals surface area (Å²) in [5.41, 5.74) is 0.200. The molecular formula is C16H26N2O2S. The van der Waals surface area contributed by atoms with Crippen LogP contribution in [0.4, 0.5) is 0 Å². The molecule has 21 heavy (non-hydrogen) atoms. The van der Waals surface area contributed by atoms with Gasteiger partial charge in [0.15, 0.2) is 0 Å². The highest BCUT2D eigenvalue weighted by Crippen LogP contribution is 2.41. The summed E-state index contributed by atoms with van der Waals surface area (Å²) in [7, 11) is 0. The van der Waals surface area contributed by atoms with Crippen molar-refractivity contribution < 1.29 is 9.90 Å². The second-order valence-electron chi connectivity index (χ2n) is 7.42. The molecule has 0 bridgehead atoms. The first-order valence-electron chi connectivity index (χ1n) is 7.57. The lowest BCUT2D eigenvalue weighted by Gasteiger charge is -2.23. The molecule has 1 aromatic heterocycles. The number of rotatable bonds is 5. The Bertz CT molecular complexity index is 513. The van der Waals surface area contributed by atoms with Crippen molar-refractivity contribution in [3.05, 3.63) is 16.1 Å². The van der Waals surface area contributed by atoms with Crippen LogP contribution in [0.1, 0.15) is 70.6 Å². The predicted molar refractivity (Wildman–Crippen MR) is 85.3 cm³/mol. The zero-order chi connectivity index (χ0) is 15.8. The van der Waals surface area contributed by atoms with E-state index >= 15 is 0 Å². The highest BCUT2D eigenvalue weighted by molar-refractivity contribution is 7.09. The summed E-state index contributed by atoms with van der Waals surface area (Å²) in [6.07, 6.45) is 2.22. The molecule has 0 aromatic carbocycles. The van der Waals surface area contributed by atoms with E-state index in [-0.39, 0.29) is 29.7 Å². The minimum absolute atomic E-state index is 0.0219. The maximum atomic E-state index is 12.1. The molecule has 1 aromatic rings. The van der Waals surface area contributed by atoms with E-state index in [1.807, 2.05) is 6.92 Å². The molecule has 1 saturated carbocycles. The summed E-state index contributed by atoms with van der Waals surface area (Å²) in [4.78, 5) is 16.7. The first-order chi connectivity index (χ1) is 9.59. The third-order valence-corrected chi connectivity index (χ3v) is 5.04. The number of hydrogen-bond acceptors (Lipinski definition) is 4. The highest BCUT2D eigenvalue weighted by atomic mass is 32.1. The summed E-state index contributed by atoms with van der Waals surface area (Å²) in [6, 6.07) is -0.117. The van der Waals surface area contributed by atoms with Crippen LogP contribution in [0.15, 0.2) is 5.38 Å². The maximum Gasteiger partial charge on any atom is 0.223 e. The van der Waals surface area contributed by atoms with Gasteiger partial charge in [0.05, 0.1) is 23.8 Å². The number of nitrogens with one attached hydrogen (secondary N) is 1. The minimum atomic E-state index is -0.872. The summed E-state index contributed by atoms with van der Waals surface area (Å²) in [5, 5.41) is 16.2. The van der Waals surface area contributed by atoms with Crippen LogP contribution in [-0.4, -0.2) is 21.6 Å². The van der Waals surface area contributed by atoms with Crippen molar-refractivity contribution in [2.24, 2.45) is 5.92 Å². The van der Waals surface area contributed by atoms with Crippen LogP contribution in [0.25, 0.3) is 0 Å². The van der Waals surface area contributed by atoms with Crippen molar-refractivity contribution >= 4 is 17.2 Å². The zero-order valence-corrected chi connectivity index (χ0v) is 14.4. The Balaban J connectivity index is 1.93. The molecule has 1 fully saturated rings. The van der Waals surface area contributed by atoms with Gasteiger partial charge in [0, 0.05) is 10.8 Å². The van der Waals surface area contributed by atoms with Crippen molar-refractivity contribution in [2.75, 3.05) is 0 Å². The van der Waals surface area contributed by atoms with Crippen LogP contribution in [-0.2, 0) is 10.2 Å². The Kier molecular flexibility index (Phi) is 4.45. The van der Waals surface area contributed by atoms with Gasteiger partial charge in [0.25, 0.3) is 0 Å². The number of aliphatic hydroxyl groups is 1. The fourth-order valence-corrected chi connectivity index (χ4v) is 3.41. The molecule has 1 amide bonds. The molecule has 2 rings (SSSR count). The van der Waals surface area contributed by atoms with Crippen LogP contribution in [0.3, 0.4) is 0 Å². The van der Waals surface area contributed by atoms with E-state index in [2.05, 4.69) is 36.5 Å². The number of aromatic nitrogens is 1. The van der Waals surface area contributed by atoms with Crippen LogP contribution in [0.2, 0.25) is 0 Å². The smallest absolute Gasteiger partial charge is 0.223 e. The Labute approximate surface area is 131 Å². The van der Waals surface area contributed by atoms with Crippen LogP contribution >= 0.6 is 11.3 Å². The van der Waals surface area contributed by atoms with E-state index in [1.54, 1.807) is 18.3 Å². The van der Waals surface area contributed by atoms with E-state index < -0.39 is 5.60 Å². The molecule has 1 aliphatic rings. The summed E-state index contributed by atoms with van der Waals surface area (Å²) >= 11 is 1.57. The van der Waals surface area contributed by atoms with Gasteiger partial charge in [-0.15, -0.1) is 11.3 Å². The van der Waals surface area contributed by atoms with Gasteiger partial charge in [-0.25, -0.2) is 4.98 Å². The largest absolute Gasteiger partial charge is 0.389 e. The van der Waals surface area contributed by atoms with Crippen molar-refractivity contribution in [3.8, 4) is 0 Å². The van der Waals surface area contributed by atoms with E-state index in [0.29, 0.717) is 0 Å². The van der Waals surface area contributed by atoms with Gasteiger partial charge in [-0.05, 0) is 32.6 Å². The van der Waals surface area contributed by atoms with Crippen molar-refractivity contribution in [1.82, 2.24) is 10.3 Å². The van der Waals surface area contributed by atoms with E-state index in [1.165, 1.54) is 0 Å². The standard InChI is InChI=1S/C16H26N2O2S/c1-10(14-18-12(9-21-14)15(2,3)4)17-13(19)8-16(5,20)11-6-7-11/h9-11,20H,6-8H2,1-5H3,(H,17,19)/t10-,16+/m1/s1. The van der Waals surface area contributed by atoms with Gasteiger partial charge in [0.1, 0.15) is 5.01 Å². The monoisotopic (exact) mass is 310 g/mol. The SMILES string of the molecule is C[C@@H](NC(=O)C[C@](C)(O)C1CC1)c1nc(C(C)(C)C)cs1. The fourth-order valence-electron chi connectivity index (χ4n) is 2.36. The molecule has 0 radical (unpaired) electrons. The van der Waals surface area contributed by atoms with Crippen LogP contribution in [0, 0.1) is 5.92 Å². The first kappa shape index (κ1) is 16.4. The van der Waals surface area contributed by atoms with Crippen LogP contribution in [0.5, 0.6) is 0 Å². The molecule has 1 heterocycles. The van der Waals surface area contributed by atoms with Gasteiger partial charge in [-0.2, -0.15) is 0 Å². The van der Waals surface area contributed by atoms with Gasteiger partial charge in [-0.3, -0.25) is 4.79 Å². The Morgan fingerprint density at radius 3 is 2.57 bits per heavy atom. The normalized spacial score (nSPS) is 19.9. The lowest BCUT2D eigenvalue weighted by atomic mass is 9.93. The third kappa shape index (κ3) is 4.27. The van der Waals surface area contributed by atoms with E-state index in [9.17, 15) is 9.90 Å². The molecule has 1 aliphatic carbocycles. The summed E-state index contributed by atoms with van der Waals surface area (Å²) in [6.45, 7) is 10.1. The maximum absolute atomic E-state index is 12.1. The minimum Gasteiger partial charge on any atom is -0.389 e. The lowest BCUT2D eigenvalue weighted by Crippen LogP contribution is -2.37. The van der Waals surface area contributed by atoms with Crippen LogP contribution < -0.4 is 5.32 Å². The molecule has 0 aliphatic heterocycles. The summed E-state index contributed by atoms with van der Waals surface area (Å²) in [5.74, 6) is 0.179. The van der Waals surface area contributed by atoms with E-state index in [0.717, 1.165) is 23.5 Å². The number of carbonyl (C=O) groups is 1. The lowest BCUT2D eigenvalue weighted by molar-refractivity contribution is -0.126. The number of carbonyl (C=O) groups excluding carboxylic acids is 1. The average Bonchev–Trinajstić information content (AvgIpc) is 3.04. The van der Waals surface area contributed by atoms with Gasteiger partial charge in [0.2, 0.25) is 5.91 Å². The third-order valence-electron chi connectivity index (χ3n) is 4.01. The van der Waals surface area contributed by atoms with Gasteiger partial charge in [-0.1, -0.05) is 20.8 Å². The molecule has 2 atom stereocenters. The van der Waals surface area contributed by atoms with Gasteiger partial charge < -0.3 is 10.4 Å². The molecule has 5 heteroatoms. The zero-order valence-electron chi connectivity index (χ0n) is 13.6. The fraction of sp³-hybridized carbons (Fsp3) is 0.750. The molecule has 0 saturated heterocycles. The topological polar surface area (TPSA) is 62.2 Å². The predicted octanol–water partition coefficient (Wildman–Crippen LogP) is 3.17. The number of hydrogen-bond donors (Lipinski definition) is 2. The molecule has 0 spiro atoms. The Morgan fingerprint density at radius 2 is 2.10 bits per heavy atom. The van der Waals surface area contributed by atoms with Crippen molar-refractivity contribution in [3.63, 3.8) is 0 Å². The van der Waals surface area contributed by atoms with Crippen molar-refractivity contribution in [1.29, 1.82) is 0 Å². The Hall–Kier alpha value is -0.940. The quantitative estimate of drug-likeness (QED) is 0.878. The number of amides is 1. The number of nitrogens with zero attached hydrogens (tertiary/aromatic N) is 1. The molecule has 0 unspecified atom stereocenters. The Morgan fingerprint density at radius 1 is 1.48 bits per heavy atom. The molecule has 118 valence electrons. The van der Waals surface area contributed by atoms with E-state index in [4.69, 9.17) is 0 Å².